The van der Waals surface area contributed by atoms with Gasteiger partial charge in [-0.15, -0.1) is 0 Å². The monoisotopic (exact) mass is 472 g/mol. The maximum Gasteiger partial charge on any atom is 0.490 e. The van der Waals surface area contributed by atoms with Crippen LogP contribution in [0.4, 0.5) is 18.9 Å². The molecule has 3 heterocycles. The molecule has 7 nitrogen and oxygen atoms in total. The second kappa shape index (κ2) is 10.3. The summed E-state index contributed by atoms with van der Waals surface area (Å²) in [5.41, 5.74) is 7.00. The van der Waals surface area contributed by atoms with Gasteiger partial charge in [0.05, 0.1) is 5.69 Å². The van der Waals surface area contributed by atoms with Crippen molar-refractivity contribution in [2.75, 3.05) is 18.0 Å². The van der Waals surface area contributed by atoms with Gasteiger partial charge in [0.1, 0.15) is 5.69 Å². The number of carbonyl (C=O) groups is 2. The normalized spacial score (nSPS) is 13.6. The SMILES string of the molecule is Cc1nc(-c2cc(C3=CCCN(c4ccccc4C=O)C3)ccn2)[nH]c1C.O=C(O)C(F)(F)F. The molecule has 3 aromatic rings. The average molecular weight is 472 g/mol. The summed E-state index contributed by atoms with van der Waals surface area (Å²) in [7, 11) is 0. The van der Waals surface area contributed by atoms with Crippen LogP contribution in [0.15, 0.2) is 48.7 Å². The van der Waals surface area contributed by atoms with Crippen LogP contribution in [0.2, 0.25) is 0 Å². The highest BCUT2D eigenvalue weighted by atomic mass is 19.4. The Morgan fingerprint density at radius 1 is 1.21 bits per heavy atom. The summed E-state index contributed by atoms with van der Waals surface area (Å²) in [4.78, 5) is 34.9. The van der Waals surface area contributed by atoms with E-state index in [2.05, 4.69) is 32.0 Å². The quantitative estimate of drug-likeness (QED) is 0.528. The molecule has 1 aliphatic heterocycles. The van der Waals surface area contributed by atoms with Gasteiger partial charge in [0.25, 0.3) is 0 Å². The minimum atomic E-state index is -5.08. The van der Waals surface area contributed by atoms with Crippen molar-refractivity contribution >= 4 is 23.5 Å². The van der Waals surface area contributed by atoms with Crippen LogP contribution < -0.4 is 4.90 Å². The van der Waals surface area contributed by atoms with Crippen molar-refractivity contribution in [1.29, 1.82) is 0 Å². The Labute approximate surface area is 194 Å². The molecular weight excluding hydrogens is 449 g/mol. The molecule has 1 aliphatic rings. The Morgan fingerprint density at radius 2 is 1.91 bits per heavy atom. The van der Waals surface area contributed by atoms with E-state index >= 15 is 0 Å². The molecule has 0 fully saturated rings. The molecule has 34 heavy (non-hydrogen) atoms. The molecule has 0 saturated carbocycles. The number of aldehydes is 1. The number of carboxylic acid groups (broad SMARTS) is 1. The molecule has 0 radical (unpaired) electrons. The second-order valence-electron chi connectivity index (χ2n) is 7.64. The number of anilines is 1. The number of aryl methyl sites for hydroxylation is 2. The highest BCUT2D eigenvalue weighted by molar-refractivity contribution is 5.86. The molecule has 4 rings (SSSR count). The van der Waals surface area contributed by atoms with Gasteiger partial charge in [-0.1, -0.05) is 18.2 Å². The number of nitrogens with zero attached hydrogens (tertiary/aromatic N) is 3. The number of rotatable bonds is 4. The summed E-state index contributed by atoms with van der Waals surface area (Å²) in [6, 6.07) is 11.9. The van der Waals surface area contributed by atoms with E-state index in [4.69, 9.17) is 9.90 Å². The summed E-state index contributed by atoms with van der Waals surface area (Å²) in [6.45, 7) is 5.68. The van der Waals surface area contributed by atoms with Crippen molar-refractivity contribution in [2.45, 2.75) is 26.4 Å². The molecule has 0 amide bonds. The fourth-order valence-electron chi connectivity index (χ4n) is 3.46. The van der Waals surface area contributed by atoms with Gasteiger partial charge in [0.15, 0.2) is 12.1 Å². The number of alkyl halides is 3. The van der Waals surface area contributed by atoms with Crippen molar-refractivity contribution < 1.29 is 27.9 Å². The number of nitrogens with one attached hydrogen (secondary N) is 1. The molecule has 0 atom stereocenters. The molecule has 1 aromatic carbocycles. The number of H-pyrrole nitrogens is 1. The number of benzene rings is 1. The lowest BCUT2D eigenvalue weighted by atomic mass is 10.00. The summed E-state index contributed by atoms with van der Waals surface area (Å²) in [6.07, 6.45) is 0.896. The predicted molar refractivity (Wildman–Crippen MR) is 122 cm³/mol. The predicted octanol–water partition coefficient (Wildman–Crippen LogP) is 4.83. The minimum Gasteiger partial charge on any atom is -0.475 e. The summed E-state index contributed by atoms with van der Waals surface area (Å²) >= 11 is 0. The highest BCUT2D eigenvalue weighted by Crippen LogP contribution is 2.28. The third kappa shape index (κ3) is 5.89. The lowest BCUT2D eigenvalue weighted by Gasteiger charge is -2.30. The molecule has 2 N–H and O–H groups in total. The molecule has 178 valence electrons. The highest BCUT2D eigenvalue weighted by Gasteiger charge is 2.38. The molecule has 0 bridgehead atoms. The number of aliphatic carboxylic acids is 1. The van der Waals surface area contributed by atoms with E-state index in [9.17, 15) is 18.0 Å². The van der Waals surface area contributed by atoms with E-state index in [-0.39, 0.29) is 0 Å². The largest absolute Gasteiger partial charge is 0.490 e. The van der Waals surface area contributed by atoms with Crippen LogP contribution in [0.3, 0.4) is 0 Å². The first-order valence-corrected chi connectivity index (χ1v) is 10.4. The van der Waals surface area contributed by atoms with E-state index < -0.39 is 12.1 Å². The van der Waals surface area contributed by atoms with Gasteiger partial charge in [-0.3, -0.25) is 9.78 Å². The van der Waals surface area contributed by atoms with Gasteiger partial charge in [0.2, 0.25) is 0 Å². The van der Waals surface area contributed by atoms with Gasteiger partial charge in [0, 0.05) is 36.2 Å². The molecule has 0 spiro atoms. The lowest BCUT2D eigenvalue weighted by molar-refractivity contribution is -0.192. The lowest BCUT2D eigenvalue weighted by Crippen LogP contribution is -2.30. The van der Waals surface area contributed by atoms with Crippen LogP contribution in [0.5, 0.6) is 0 Å². The van der Waals surface area contributed by atoms with Crippen molar-refractivity contribution in [3.05, 3.63) is 71.2 Å². The van der Waals surface area contributed by atoms with E-state index in [0.29, 0.717) is 0 Å². The first kappa shape index (κ1) is 24.7. The van der Waals surface area contributed by atoms with Crippen molar-refractivity contribution in [1.82, 2.24) is 15.0 Å². The van der Waals surface area contributed by atoms with Crippen LogP contribution in [0, 0.1) is 13.8 Å². The van der Waals surface area contributed by atoms with Crippen LogP contribution in [-0.2, 0) is 4.79 Å². The van der Waals surface area contributed by atoms with E-state index in [1.807, 2.05) is 50.4 Å². The fourth-order valence-corrected chi connectivity index (χ4v) is 3.46. The maximum absolute atomic E-state index is 11.4. The van der Waals surface area contributed by atoms with Crippen LogP contribution in [-0.4, -0.2) is 51.6 Å². The third-order valence-electron chi connectivity index (χ3n) is 5.30. The summed E-state index contributed by atoms with van der Waals surface area (Å²) < 4.78 is 31.7. The number of halogens is 3. The molecule has 0 unspecified atom stereocenters. The second-order valence-corrected chi connectivity index (χ2v) is 7.64. The van der Waals surface area contributed by atoms with Gasteiger partial charge in [-0.25, -0.2) is 9.78 Å². The number of hydrogen-bond donors (Lipinski definition) is 2. The zero-order valence-corrected chi connectivity index (χ0v) is 18.6. The average Bonchev–Trinajstić information content (AvgIpc) is 3.17. The van der Waals surface area contributed by atoms with Gasteiger partial charge in [-0.05, 0) is 55.7 Å². The Hall–Kier alpha value is -3.95. The number of aromatic nitrogens is 3. The summed E-state index contributed by atoms with van der Waals surface area (Å²) in [5.74, 6) is -1.96. The van der Waals surface area contributed by atoms with Crippen molar-refractivity contribution in [3.63, 3.8) is 0 Å². The molecular formula is C24H23F3N4O3. The van der Waals surface area contributed by atoms with Crippen molar-refractivity contribution in [2.24, 2.45) is 0 Å². The Morgan fingerprint density at radius 3 is 2.53 bits per heavy atom. The zero-order chi connectivity index (χ0) is 24.9. The minimum absolute atomic E-state index is 0.732. The van der Waals surface area contributed by atoms with E-state index in [1.165, 1.54) is 5.57 Å². The molecule has 10 heteroatoms. The van der Waals surface area contributed by atoms with E-state index in [0.717, 1.165) is 65.5 Å². The van der Waals surface area contributed by atoms with Gasteiger partial charge < -0.3 is 15.0 Å². The Bertz CT molecular complexity index is 1200. The van der Waals surface area contributed by atoms with Gasteiger partial charge >= 0.3 is 12.1 Å². The van der Waals surface area contributed by atoms with Crippen LogP contribution in [0.25, 0.3) is 17.1 Å². The molecule has 0 saturated heterocycles. The number of pyridine rings is 1. The molecule has 2 aromatic heterocycles. The van der Waals surface area contributed by atoms with Crippen LogP contribution >= 0.6 is 0 Å². The smallest absolute Gasteiger partial charge is 0.475 e. The van der Waals surface area contributed by atoms with E-state index in [1.54, 1.807) is 0 Å². The standard InChI is InChI=1S/C22H22N4O.C2HF3O2/c1-15-16(2)25-22(24-15)20-12-17(9-10-23-20)18-7-5-11-26(13-18)21-8-4-3-6-19(21)14-27;3-2(4,5)1(6)7/h3-4,6-10,12,14H,5,11,13H2,1-2H3,(H,24,25);(H,6,7). The van der Waals surface area contributed by atoms with Crippen molar-refractivity contribution in [3.8, 4) is 11.5 Å². The number of aromatic amines is 1. The first-order chi connectivity index (χ1) is 16.1. The zero-order valence-electron chi connectivity index (χ0n) is 18.6. The number of carboxylic acids is 1. The van der Waals surface area contributed by atoms with Gasteiger partial charge in [-0.2, -0.15) is 13.2 Å². The molecule has 0 aliphatic carbocycles. The van der Waals surface area contributed by atoms with Crippen LogP contribution in [0.1, 0.15) is 33.7 Å². The summed E-state index contributed by atoms with van der Waals surface area (Å²) in [5, 5.41) is 7.12. The topological polar surface area (TPSA) is 99.2 Å². The third-order valence-corrected chi connectivity index (χ3v) is 5.30. The number of carbonyl (C=O) groups excluding carboxylic acids is 1. The number of hydrogen-bond acceptors (Lipinski definition) is 5. The number of imidazole rings is 1. The number of para-hydroxylation sites is 1. The maximum atomic E-state index is 11.4. The Kier molecular flexibility index (Phi) is 7.50. The Balaban J connectivity index is 0.000000406. The fraction of sp³-hybridized carbons (Fsp3) is 0.250. The first-order valence-electron chi connectivity index (χ1n) is 10.4.